The van der Waals surface area contributed by atoms with E-state index in [1.54, 1.807) is 0 Å². The average Bonchev–Trinajstić information content (AvgIpc) is 3.53. The van der Waals surface area contributed by atoms with Crippen molar-refractivity contribution in [2.75, 3.05) is 0 Å². The van der Waals surface area contributed by atoms with Crippen LogP contribution < -0.4 is 0 Å². The normalized spacial score (nSPS) is 11.8. The average molecular weight is 615 g/mol. The van der Waals surface area contributed by atoms with E-state index < -0.39 is 0 Å². The first-order chi connectivity index (χ1) is 23.3. The molecular formula is C44H26N2S. The lowest BCUT2D eigenvalue weighted by molar-refractivity contribution is 1.37. The Morgan fingerprint density at radius 2 is 0.979 bits per heavy atom. The van der Waals surface area contributed by atoms with Gasteiger partial charge in [-0.1, -0.05) is 133 Å². The van der Waals surface area contributed by atoms with Crippen molar-refractivity contribution in [2.45, 2.75) is 0 Å². The molecule has 0 saturated carbocycles. The fourth-order valence-corrected chi connectivity index (χ4v) is 8.39. The van der Waals surface area contributed by atoms with E-state index in [1.807, 2.05) is 17.4 Å². The minimum Gasteiger partial charge on any atom is -0.245 e. The molecule has 0 bridgehead atoms. The molecule has 7 aromatic carbocycles. The number of rotatable bonds is 3. The maximum Gasteiger partial charge on any atom is 0.0972 e. The Kier molecular flexibility index (Phi) is 5.78. The summed E-state index contributed by atoms with van der Waals surface area (Å²) in [4.78, 5) is 10.4. The van der Waals surface area contributed by atoms with Gasteiger partial charge in [0, 0.05) is 42.1 Å². The van der Waals surface area contributed by atoms with Crippen LogP contribution in [0.15, 0.2) is 158 Å². The summed E-state index contributed by atoms with van der Waals surface area (Å²) in [5, 5.41) is 9.83. The molecule has 0 unspecified atom stereocenters. The number of fused-ring (bicyclic) bond motifs is 9. The first kappa shape index (κ1) is 26.3. The highest BCUT2D eigenvalue weighted by atomic mass is 32.1. The Bertz CT molecular complexity index is 2850. The van der Waals surface area contributed by atoms with E-state index in [4.69, 9.17) is 9.97 Å². The van der Waals surface area contributed by atoms with Gasteiger partial charge in [0.25, 0.3) is 0 Å². The quantitative estimate of drug-likeness (QED) is 0.185. The molecule has 3 aromatic heterocycles. The Morgan fingerprint density at radius 1 is 0.362 bits per heavy atom. The van der Waals surface area contributed by atoms with Crippen molar-refractivity contribution in [2.24, 2.45) is 0 Å². The zero-order chi connectivity index (χ0) is 30.9. The minimum atomic E-state index is 0.924. The van der Waals surface area contributed by atoms with Crippen LogP contribution in [0.3, 0.4) is 0 Å². The Hall–Kier alpha value is -5.90. The second kappa shape index (κ2) is 10.3. The number of hydrogen-bond donors (Lipinski definition) is 0. The largest absolute Gasteiger partial charge is 0.245 e. The number of hydrogen-bond acceptors (Lipinski definition) is 3. The maximum atomic E-state index is 5.29. The van der Waals surface area contributed by atoms with Gasteiger partial charge in [-0.15, -0.1) is 11.3 Å². The van der Waals surface area contributed by atoms with Gasteiger partial charge in [-0.05, 0) is 56.9 Å². The number of pyridine rings is 2. The van der Waals surface area contributed by atoms with Crippen LogP contribution in [0, 0.1) is 0 Å². The summed E-state index contributed by atoms with van der Waals surface area (Å²) < 4.78 is 2.69. The van der Waals surface area contributed by atoms with Crippen LogP contribution in [-0.2, 0) is 0 Å². The van der Waals surface area contributed by atoms with Crippen molar-refractivity contribution in [3.63, 3.8) is 0 Å². The fourth-order valence-electron chi connectivity index (χ4n) is 7.15. The molecule has 3 heteroatoms. The van der Waals surface area contributed by atoms with Gasteiger partial charge in [-0.2, -0.15) is 0 Å². The lowest BCUT2D eigenvalue weighted by Crippen LogP contribution is -1.92. The van der Waals surface area contributed by atoms with Gasteiger partial charge in [0.1, 0.15) is 0 Å². The van der Waals surface area contributed by atoms with Crippen LogP contribution in [0.2, 0.25) is 0 Å². The van der Waals surface area contributed by atoms with Crippen LogP contribution in [0.1, 0.15) is 0 Å². The number of nitrogens with zero attached hydrogens (tertiary/aromatic N) is 2. The lowest BCUT2D eigenvalue weighted by atomic mass is 9.93. The molecule has 0 fully saturated rings. The summed E-state index contributed by atoms with van der Waals surface area (Å²) in [6.07, 6.45) is 0. The highest BCUT2D eigenvalue weighted by Crippen LogP contribution is 2.41. The standard InChI is InChI=1S/C44H26N2S/c1-2-8-27(9-3-1)39-24-20-28-16-17-29-21-25-40(46-43(29)42(28)45-39)36-14-7-12-34-32(11-6-13-35(34)36)30-18-22-33-31(26-30)19-23-38-37-10-4-5-15-41(37)47-44(33)38/h1-26H. The summed E-state index contributed by atoms with van der Waals surface area (Å²) >= 11 is 1.88. The van der Waals surface area contributed by atoms with Gasteiger partial charge in [0.15, 0.2) is 0 Å². The van der Waals surface area contributed by atoms with Gasteiger partial charge in [-0.25, -0.2) is 9.97 Å². The first-order valence-electron chi connectivity index (χ1n) is 15.9. The monoisotopic (exact) mass is 614 g/mol. The van der Waals surface area contributed by atoms with Crippen LogP contribution >= 0.6 is 11.3 Å². The van der Waals surface area contributed by atoms with E-state index in [1.165, 1.54) is 52.8 Å². The van der Waals surface area contributed by atoms with E-state index in [-0.39, 0.29) is 0 Å². The predicted octanol–water partition coefficient (Wildman–Crippen LogP) is 12.5. The highest BCUT2D eigenvalue weighted by Gasteiger charge is 2.14. The second-order valence-corrected chi connectivity index (χ2v) is 13.2. The molecule has 0 aliphatic carbocycles. The van der Waals surface area contributed by atoms with E-state index in [9.17, 15) is 0 Å². The zero-order valence-corrected chi connectivity index (χ0v) is 26.1. The molecular weight excluding hydrogens is 589 g/mol. The Balaban J connectivity index is 1.12. The number of aromatic nitrogens is 2. The molecule has 0 aliphatic rings. The smallest absolute Gasteiger partial charge is 0.0972 e. The van der Waals surface area contributed by atoms with Crippen molar-refractivity contribution in [1.82, 2.24) is 9.97 Å². The summed E-state index contributed by atoms with van der Waals surface area (Å²) in [6.45, 7) is 0. The summed E-state index contributed by atoms with van der Waals surface area (Å²) in [7, 11) is 0. The van der Waals surface area contributed by atoms with Gasteiger partial charge in [-0.3, -0.25) is 0 Å². The Morgan fingerprint density at radius 3 is 1.81 bits per heavy atom. The topological polar surface area (TPSA) is 25.8 Å². The zero-order valence-electron chi connectivity index (χ0n) is 25.3. The molecule has 218 valence electrons. The molecule has 0 amide bonds. The summed E-state index contributed by atoms with van der Waals surface area (Å²) in [5.74, 6) is 0. The lowest BCUT2D eigenvalue weighted by Gasteiger charge is -2.13. The molecule has 0 atom stereocenters. The molecule has 10 aromatic rings. The van der Waals surface area contributed by atoms with Gasteiger partial charge in [0.05, 0.1) is 22.4 Å². The number of thiophene rings is 1. The SMILES string of the molecule is c1ccc(-c2ccc3ccc4ccc(-c5cccc6c(-c7ccc8c(ccc9c%10ccccc%10sc89)c7)cccc56)nc4c3n2)cc1. The van der Waals surface area contributed by atoms with Crippen LogP contribution in [-0.4, -0.2) is 9.97 Å². The second-order valence-electron chi connectivity index (χ2n) is 12.2. The fraction of sp³-hybridized carbons (Fsp3) is 0. The van der Waals surface area contributed by atoms with Crippen LogP contribution in [0.25, 0.3) is 97.2 Å². The van der Waals surface area contributed by atoms with Gasteiger partial charge >= 0.3 is 0 Å². The van der Waals surface area contributed by atoms with E-state index in [0.29, 0.717) is 0 Å². The van der Waals surface area contributed by atoms with E-state index in [2.05, 4.69) is 152 Å². The summed E-state index contributed by atoms with van der Waals surface area (Å²) in [6, 6.07) is 56.6. The summed E-state index contributed by atoms with van der Waals surface area (Å²) in [5.41, 5.74) is 8.42. The molecule has 3 heterocycles. The third-order valence-corrected chi connectivity index (χ3v) is 10.7. The molecule has 0 saturated heterocycles. The van der Waals surface area contributed by atoms with E-state index >= 15 is 0 Å². The molecule has 0 radical (unpaired) electrons. The van der Waals surface area contributed by atoms with Crippen LogP contribution in [0.5, 0.6) is 0 Å². The maximum absolute atomic E-state index is 5.29. The Labute approximate surface area is 275 Å². The number of benzene rings is 7. The highest BCUT2D eigenvalue weighted by molar-refractivity contribution is 7.26. The molecule has 0 aliphatic heterocycles. The van der Waals surface area contributed by atoms with Crippen molar-refractivity contribution >= 4 is 74.9 Å². The van der Waals surface area contributed by atoms with Gasteiger partial charge < -0.3 is 0 Å². The van der Waals surface area contributed by atoms with Crippen molar-refractivity contribution in [3.8, 4) is 33.6 Å². The first-order valence-corrected chi connectivity index (χ1v) is 16.7. The van der Waals surface area contributed by atoms with E-state index in [0.717, 1.165) is 44.3 Å². The molecule has 0 spiro atoms. The van der Waals surface area contributed by atoms with Crippen molar-refractivity contribution in [1.29, 1.82) is 0 Å². The van der Waals surface area contributed by atoms with Crippen LogP contribution in [0.4, 0.5) is 0 Å². The van der Waals surface area contributed by atoms with Crippen molar-refractivity contribution in [3.05, 3.63) is 158 Å². The minimum absolute atomic E-state index is 0.924. The molecule has 47 heavy (non-hydrogen) atoms. The molecule has 0 N–H and O–H groups in total. The predicted molar refractivity (Wildman–Crippen MR) is 201 cm³/mol. The third kappa shape index (κ3) is 4.17. The molecule has 10 rings (SSSR count). The van der Waals surface area contributed by atoms with Crippen molar-refractivity contribution < 1.29 is 0 Å². The third-order valence-electron chi connectivity index (χ3n) is 9.46. The van der Waals surface area contributed by atoms with Gasteiger partial charge in [0.2, 0.25) is 0 Å². The molecule has 2 nitrogen and oxygen atoms in total.